The van der Waals surface area contributed by atoms with Crippen molar-refractivity contribution in [2.24, 2.45) is 0 Å². The van der Waals surface area contributed by atoms with E-state index in [4.69, 9.17) is 4.74 Å². The first-order chi connectivity index (χ1) is 12.1. The van der Waals surface area contributed by atoms with Gasteiger partial charge >= 0.3 is 0 Å². The Morgan fingerprint density at radius 3 is 2.60 bits per heavy atom. The van der Waals surface area contributed by atoms with Gasteiger partial charge in [-0.15, -0.1) is 0 Å². The molecular formula is C20H22N2O3. The fourth-order valence-corrected chi connectivity index (χ4v) is 2.93. The molecule has 0 unspecified atom stereocenters. The quantitative estimate of drug-likeness (QED) is 0.861. The summed E-state index contributed by atoms with van der Waals surface area (Å²) >= 11 is 0. The number of carbonyl (C=O) groups is 2. The van der Waals surface area contributed by atoms with Crippen molar-refractivity contribution in [2.45, 2.75) is 12.8 Å². The number of para-hydroxylation sites is 2. The number of aryl methyl sites for hydroxylation is 1. The minimum absolute atomic E-state index is 0.0894. The van der Waals surface area contributed by atoms with Crippen molar-refractivity contribution in [3.63, 3.8) is 0 Å². The molecule has 0 aromatic heterocycles. The molecule has 130 valence electrons. The number of anilines is 1. The maximum Gasteiger partial charge on any atom is 0.262 e. The van der Waals surface area contributed by atoms with Crippen molar-refractivity contribution in [1.82, 2.24) is 4.90 Å². The van der Waals surface area contributed by atoms with Crippen LogP contribution in [0.2, 0.25) is 0 Å². The van der Waals surface area contributed by atoms with E-state index in [-0.39, 0.29) is 18.4 Å². The van der Waals surface area contributed by atoms with Crippen LogP contribution in [0.15, 0.2) is 48.5 Å². The lowest BCUT2D eigenvalue weighted by Crippen LogP contribution is -2.36. The zero-order valence-electron chi connectivity index (χ0n) is 14.6. The number of carbonyl (C=O) groups excluding carboxylic acids is 2. The van der Waals surface area contributed by atoms with Crippen LogP contribution in [0.25, 0.3) is 0 Å². The summed E-state index contributed by atoms with van der Waals surface area (Å²) in [6.45, 7) is 0.592. The molecule has 0 saturated heterocycles. The third-order valence-electron chi connectivity index (χ3n) is 4.32. The molecular weight excluding hydrogens is 316 g/mol. The topological polar surface area (TPSA) is 49.9 Å². The van der Waals surface area contributed by atoms with Gasteiger partial charge in [0.05, 0.1) is 5.56 Å². The molecule has 3 rings (SSSR count). The number of likely N-dealkylation sites (N-methyl/N-ethyl adjacent to an activating group) is 1. The Labute approximate surface area is 147 Å². The average molecular weight is 338 g/mol. The van der Waals surface area contributed by atoms with E-state index in [0.717, 1.165) is 18.5 Å². The molecule has 2 amide bonds. The highest BCUT2D eigenvalue weighted by molar-refractivity contribution is 6.08. The maximum atomic E-state index is 13.1. The van der Waals surface area contributed by atoms with Gasteiger partial charge < -0.3 is 14.5 Å². The first kappa shape index (κ1) is 17.0. The highest BCUT2D eigenvalue weighted by Gasteiger charge is 2.25. The van der Waals surface area contributed by atoms with E-state index in [0.29, 0.717) is 17.9 Å². The summed E-state index contributed by atoms with van der Waals surface area (Å²) in [5.41, 5.74) is 2.62. The SMILES string of the molecule is CN(C)C(=O)COc1ccccc1C(=O)N1CCCc2ccccc21. The number of rotatable bonds is 4. The second-order valence-corrected chi connectivity index (χ2v) is 6.26. The predicted molar refractivity (Wildman–Crippen MR) is 97.1 cm³/mol. The highest BCUT2D eigenvalue weighted by atomic mass is 16.5. The normalized spacial score (nSPS) is 13.1. The van der Waals surface area contributed by atoms with Crippen molar-refractivity contribution < 1.29 is 14.3 Å². The molecule has 0 saturated carbocycles. The minimum atomic E-state index is -0.148. The third-order valence-corrected chi connectivity index (χ3v) is 4.32. The maximum absolute atomic E-state index is 13.1. The van der Waals surface area contributed by atoms with Crippen LogP contribution in [-0.4, -0.2) is 44.0 Å². The summed E-state index contributed by atoms with van der Waals surface area (Å²) in [4.78, 5) is 28.1. The van der Waals surface area contributed by atoms with Gasteiger partial charge in [0.1, 0.15) is 5.75 Å². The van der Waals surface area contributed by atoms with Crippen molar-refractivity contribution in [3.05, 3.63) is 59.7 Å². The molecule has 25 heavy (non-hydrogen) atoms. The number of nitrogens with zero attached hydrogens (tertiary/aromatic N) is 2. The lowest BCUT2D eigenvalue weighted by atomic mass is 10.0. The van der Waals surface area contributed by atoms with Crippen molar-refractivity contribution >= 4 is 17.5 Å². The molecule has 5 heteroatoms. The molecule has 0 atom stereocenters. The molecule has 5 nitrogen and oxygen atoms in total. The second kappa shape index (κ2) is 7.38. The number of fused-ring (bicyclic) bond motifs is 1. The first-order valence-corrected chi connectivity index (χ1v) is 8.39. The number of benzene rings is 2. The van der Waals surface area contributed by atoms with E-state index in [9.17, 15) is 9.59 Å². The summed E-state index contributed by atoms with van der Waals surface area (Å²) in [6.07, 6.45) is 1.92. The first-order valence-electron chi connectivity index (χ1n) is 8.39. The Balaban J connectivity index is 1.85. The van der Waals surface area contributed by atoms with E-state index >= 15 is 0 Å². The fraction of sp³-hybridized carbons (Fsp3) is 0.300. The summed E-state index contributed by atoms with van der Waals surface area (Å²) < 4.78 is 5.62. The predicted octanol–water partition coefficient (Wildman–Crippen LogP) is 2.75. The van der Waals surface area contributed by atoms with Gasteiger partial charge in [-0.3, -0.25) is 9.59 Å². The van der Waals surface area contributed by atoms with E-state index < -0.39 is 0 Å². The van der Waals surface area contributed by atoms with E-state index in [1.807, 2.05) is 24.3 Å². The lowest BCUT2D eigenvalue weighted by molar-refractivity contribution is -0.130. The Hall–Kier alpha value is -2.82. The van der Waals surface area contributed by atoms with Crippen molar-refractivity contribution in [1.29, 1.82) is 0 Å². The van der Waals surface area contributed by atoms with E-state index in [1.54, 1.807) is 37.2 Å². The van der Waals surface area contributed by atoms with Crippen LogP contribution < -0.4 is 9.64 Å². The summed E-state index contributed by atoms with van der Waals surface area (Å²) in [7, 11) is 3.35. The second-order valence-electron chi connectivity index (χ2n) is 6.26. The van der Waals surface area contributed by atoms with Crippen molar-refractivity contribution in [3.8, 4) is 5.75 Å². The van der Waals surface area contributed by atoms with Gasteiger partial charge in [-0.1, -0.05) is 30.3 Å². The standard InChI is InChI=1S/C20H22N2O3/c1-21(2)19(23)14-25-18-12-6-4-10-16(18)20(24)22-13-7-9-15-8-3-5-11-17(15)22/h3-6,8,10-12H,7,9,13-14H2,1-2H3. The smallest absolute Gasteiger partial charge is 0.262 e. The Bertz CT molecular complexity index is 786. The van der Waals surface area contributed by atoms with Crippen LogP contribution in [0.1, 0.15) is 22.3 Å². The third kappa shape index (κ3) is 3.65. The van der Waals surface area contributed by atoms with Gasteiger partial charge in [-0.2, -0.15) is 0 Å². The van der Waals surface area contributed by atoms with Crippen LogP contribution in [0.5, 0.6) is 5.75 Å². The van der Waals surface area contributed by atoms with E-state index in [1.165, 1.54) is 10.5 Å². The molecule has 0 aliphatic carbocycles. The van der Waals surface area contributed by atoms with Crippen molar-refractivity contribution in [2.75, 3.05) is 32.1 Å². The van der Waals surface area contributed by atoms with Crippen LogP contribution in [0.3, 0.4) is 0 Å². The van der Waals surface area contributed by atoms with Gasteiger partial charge in [-0.25, -0.2) is 0 Å². The Morgan fingerprint density at radius 2 is 1.80 bits per heavy atom. The number of hydrogen-bond donors (Lipinski definition) is 0. The zero-order valence-corrected chi connectivity index (χ0v) is 14.6. The highest BCUT2D eigenvalue weighted by Crippen LogP contribution is 2.30. The number of hydrogen-bond acceptors (Lipinski definition) is 3. The largest absolute Gasteiger partial charge is 0.483 e. The van der Waals surface area contributed by atoms with E-state index in [2.05, 4.69) is 6.07 Å². The number of ether oxygens (including phenoxy) is 1. The minimum Gasteiger partial charge on any atom is -0.483 e. The number of amides is 2. The van der Waals surface area contributed by atoms with Gasteiger partial charge in [0, 0.05) is 26.3 Å². The summed E-state index contributed by atoms with van der Waals surface area (Å²) in [5, 5.41) is 0. The summed E-state index contributed by atoms with van der Waals surface area (Å²) in [6, 6.07) is 15.1. The van der Waals surface area contributed by atoms with Crippen LogP contribution in [0, 0.1) is 0 Å². The molecule has 0 spiro atoms. The van der Waals surface area contributed by atoms with Gasteiger partial charge in [0.25, 0.3) is 11.8 Å². The van der Waals surface area contributed by atoms with Gasteiger partial charge in [-0.05, 0) is 36.6 Å². The van der Waals surface area contributed by atoms with Crippen LogP contribution in [-0.2, 0) is 11.2 Å². The van der Waals surface area contributed by atoms with Crippen LogP contribution >= 0.6 is 0 Å². The molecule has 2 aromatic carbocycles. The molecule has 1 aliphatic rings. The Kier molecular flexibility index (Phi) is 5.03. The molecule has 0 bridgehead atoms. The molecule has 2 aromatic rings. The molecule has 1 aliphatic heterocycles. The van der Waals surface area contributed by atoms with Crippen LogP contribution in [0.4, 0.5) is 5.69 Å². The average Bonchev–Trinajstić information content (AvgIpc) is 2.65. The fourth-order valence-electron chi connectivity index (χ4n) is 2.93. The van der Waals surface area contributed by atoms with Gasteiger partial charge in [0.2, 0.25) is 0 Å². The monoisotopic (exact) mass is 338 g/mol. The summed E-state index contributed by atoms with van der Waals surface area (Å²) in [5.74, 6) is 0.191. The molecule has 0 fully saturated rings. The Morgan fingerprint density at radius 1 is 1.08 bits per heavy atom. The molecule has 1 heterocycles. The van der Waals surface area contributed by atoms with Gasteiger partial charge in [0.15, 0.2) is 6.61 Å². The molecule has 0 radical (unpaired) electrons. The molecule has 0 N–H and O–H groups in total. The lowest BCUT2D eigenvalue weighted by Gasteiger charge is -2.30. The zero-order chi connectivity index (χ0) is 17.8.